The van der Waals surface area contributed by atoms with Crippen LogP contribution < -0.4 is 10.6 Å². The van der Waals surface area contributed by atoms with E-state index < -0.39 is 0 Å². The number of hydrogen-bond donors (Lipinski definition) is 2. The standard InChI is InChI=1S/C20H19N3O2S2/c1-13(24)21-16-6-8-18(9-7-16)27-12-20(25)23-17-5-3-4-15(10-17)19-11-26-14(2)22-19/h3-11H,12H2,1-2H3,(H,21,24)(H,23,25). The Balaban J connectivity index is 1.55. The Bertz CT molecular complexity index is 952. The Morgan fingerprint density at radius 2 is 1.85 bits per heavy atom. The van der Waals surface area contributed by atoms with Crippen LogP contribution >= 0.6 is 23.1 Å². The summed E-state index contributed by atoms with van der Waals surface area (Å²) in [5.74, 6) is 0.127. The van der Waals surface area contributed by atoms with Gasteiger partial charge in [-0.25, -0.2) is 4.98 Å². The molecule has 0 spiro atoms. The highest BCUT2D eigenvalue weighted by Crippen LogP contribution is 2.25. The number of carbonyl (C=O) groups excluding carboxylic acids is 2. The van der Waals surface area contributed by atoms with E-state index >= 15 is 0 Å². The Labute approximate surface area is 166 Å². The van der Waals surface area contributed by atoms with Crippen molar-refractivity contribution in [3.8, 4) is 11.3 Å². The lowest BCUT2D eigenvalue weighted by atomic mass is 10.1. The Kier molecular flexibility index (Phi) is 6.26. The minimum absolute atomic E-state index is 0.0717. The molecule has 2 N–H and O–H groups in total. The molecule has 3 rings (SSSR count). The average Bonchev–Trinajstić information content (AvgIpc) is 3.07. The molecule has 3 aromatic rings. The molecule has 1 heterocycles. The second-order valence-electron chi connectivity index (χ2n) is 5.87. The van der Waals surface area contributed by atoms with Crippen LogP contribution in [0.25, 0.3) is 11.3 Å². The Morgan fingerprint density at radius 1 is 1.07 bits per heavy atom. The molecule has 27 heavy (non-hydrogen) atoms. The summed E-state index contributed by atoms with van der Waals surface area (Å²) in [6.07, 6.45) is 0. The molecular weight excluding hydrogens is 378 g/mol. The van der Waals surface area contributed by atoms with E-state index in [0.717, 1.165) is 32.5 Å². The highest BCUT2D eigenvalue weighted by atomic mass is 32.2. The van der Waals surface area contributed by atoms with Crippen LogP contribution in [-0.2, 0) is 9.59 Å². The summed E-state index contributed by atoms with van der Waals surface area (Å²) in [6.45, 7) is 3.44. The predicted molar refractivity (Wildman–Crippen MR) is 112 cm³/mol. The van der Waals surface area contributed by atoms with Crippen LogP contribution in [-0.4, -0.2) is 22.6 Å². The van der Waals surface area contributed by atoms with E-state index in [0.29, 0.717) is 5.75 Å². The predicted octanol–water partition coefficient (Wildman–Crippen LogP) is 4.81. The van der Waals surface area contributed by atoms with Gasteiger partial charge in [0.05, 0.1) is 16.5 Å². The van der Waals surface area contributed by atoms with Crippen molar-refractivity contribution >= 4 is 46.3 Å². The lowest BCUT2D eigenvalue weighted by molar-refractivity contribution is -0.114. The number of amides is 2. The number of aromatic nitrogens is 1. The van der Waals surface area contributed by atoms with E-state index in [2.05, 4.69) is 15.6 Å². The SMILES string of the molecule is CC(=O)Nc1ccc(SCC(=O)Nc2cccc(-c3csc(C)n3)c2)cc1. The van der Waals surface area contributed by atoms with E-state index in [1.807, 2.05) is 60.8 Å². The third-order valence-corrected chi connectivity index (χ3v) is 5.39. The minimum atomic E-state index is -0.107. The maximum Gasteiger partial charge on any atom is 0.234 e. The maximum atomic E-state index is 12.2. The van der Waals surface area contributed by atoms with Gasteiger partial charge in [0.1, 0.15) is 0 Å². The highest BCUT2D eigenvalue weighted by Gasteiger charge is 2.07. The largest absolute Gasteiger partial charge is 0.326 e. The number of carbonyl (C=O) groups is 2. The van der Waals surface area contributed by atoms with E-state index in [-0.39, 0.29) is 11.8 Å². The van der Waals surface area contributed by atoms with Gasteiger partial charge in [-0.05, 0) is 43.3 Å². The lowest BCUT2D eigenvalue weighted by Gasteiger charge is -2.07. The van der Waals surface area contributed by atoms with E-state index in [4.69, 9.17) is 0 Å². The topological polar surface area (TPSA) is 71.1 Å². The number of rotatable bonds is 6. The molecular formula is C20H19N3O2S2. The fourth-order valence-corrected chi connectivity index (χ4v) is 3.76. The number of nitrogens with zero attached hydrogens (tertiary/aromatic N) is 1. The number of thioether (sulfide) groups is 1. The van der Waals surface area contributed by atoms with Crippen molar-refractivity contribution in [3.05, 3.63) is 58.9 Å². The van der Waals surface area contributed by atoms with Crippen molar-refractivity contribution in [1.82, 2.24) is 4.98 Å². The van der Waals surface area contributed by atoms with E-state index in [1.54, 1.807) is 11.3 Å². The Hall–Kier alpha value is -2.64. The Morgan fingerprint density at radius 3 is 2.52 bits per heavy atom. The normalized spacial score (nSPS) is 10.4. The maximum absolute atomic E-state index is 12.2. The first-order valence-electron chi connectivity index (χ1n) is 8.32. The van der Waals surface area contributed by atoms with Gasteiger partial charge in [0.2, 0.25) is 11.8 Å². The third-order valence-electron chi connectivity index (χ3n) is 3.61. The van der Waals surface area contributed by atoms with Crippen molar-refractivity contribution in [1.29, 1.82) is 0 Å². The minimum Gasteiger partial charge on any atom is -0.326 e. The van der Waals surface area contributed by atoms with Crippen molar-refractivity contribution in [2.24, 2.45) is 0 Å². The molecule has 0 fully saturated rings. The smallest absolute Gasteiger partial charge is 0.234 e. The number of nitrogens with one attached hydrogen (secondary N) is 2. The monoisotopic (exact) mass is 397 g/mol. The first-order valence-corrected chi connectivity index (χ1v) is 10.2. The summed E-state index contributed by atoms with van der Waals surface area (Å²) in [6, 6.07) is 15.1. The molecule has 2 amide bonds. The summed E-state index contributed by atoms with van der Waals surface area (Å²) >= 11 is 3.05. The van der Waals surface area contributed by atoms with E-state index in [1.165, 1.54) is 18.7 Å². The van der Waals surface area contributed by atoms with Gasteiger partial charge in [0, 0.05) is 34.1 Å². The van der Waals surface area contributed by atoms with Crippen molar-refractivity contribution in [2.45, 2.75) is 18.7 Å². The average molecular weight is 398 g/mol. The van der Waals surface area contributed by atoms with E-state index in [9.17, 15) is 9.59 Å². The molecule has 7 heteroatoms. The van der Waals surface area contributed by atoms with Gasteiger partial charge in [0.15, 0.2) is 0 Å². The summed E-state index contributed by atoms with van der Waals surface area (Å²) < 4.78 is 0. The van der Waals surface area contributed by atoms with Crippen LogP contribution in [0.5, 0.6) is 0 Å². The summed E-state index contributed by atoms with van der Waals surface area (Å²) in [4.78, 5) is 28.7. The molecule has 0 saturated carbocycles. The number of benzene rings is 2. The van der Waals surface area contributed by atoms with Gasteiger partial charge in [-0.1, -0.05) is 12.1 Å². The van der Waals surface area contributed by atoms with Crippen molar-refractivity contribution in [2.75, 3.05) is 16.4 Å². The molecule has 0 atom stereocenters. The number of hydrogen-bond acceptors (Lipinski definition) is 5. The van der Waals surface area contributed by atoms with Gasteiger partial charge in [-0.15, -0.1) is 23.1 Å². The fraction of sp³-hybridized carbons (Fsp3) is 0.150. The van der Waals surface area contributed by atoms with Crippen molar-refractivity contribution in [3.63, 3.8) is 0 Å². The zero-order chi connectivity index (χ0) is 19.2. The van der Waals surface area contributed by atoms with Crippen LogP contribution in [0.4, 0.5) is 11.4 Å². The van der Waals surface area contributed by atoms with Gasteiger partial charge < -0.3 is 10.6 Å². The number of thiazole rings is 1. The van der Waals surface area contributed by atoms with Crippen LogP contribution in [0, 0.1) is 6.92 Å². The molecule has 0 aliphatic heterocycles. The quantitative estimate of drug-likeness (QED) is 0.586. The number of anilines is 2. The second kappa shape index (κ2) is 8.83. The second-order valence-corrected chi connectivity index (χ2v) is 7.99. The zero-order valence-electron chi connectivity index (χ0n) is 15.0. The zero-order valence-corrected chi connectivity index (χ0v) is 16.6. The van der Waals surface area contributed by atoms with Gasteiger partial charge in [0.25, 0.3) is 0 Å². The molecule has 0 aliphatic carbocycles. The molecule has 0 aliphatic rings. The van der Waals surface area contributed by atoms with Crippen LogP contribution in [0.15, 0.2) is 58.8 Å². The lowest BCUT2D eigenvalue weighted by Crippen LogP contribution is -2.13. The van der Waals surface area contributed by atoms with Gasteiger partial charge in [-0.3, -0.25) is 9.59 Å². The van der Waals surface area contributed by atoms with Gasteiger partial charge >= 0.3 is 0 Å². The molecule has 5 nitrogen and oxygen atoms in total. The summed E-state index contributed by atoms with van der Waals surface area (Å²) in [5, 5.41) is 8.67. The van der Waals surface area contributed by atoms with Crippen LogP contribution in [0.2, 0.25) is 0 Å². The molecule has 1 aromatic heterocycles. The first-order chi connectivity index (χ1) is 13.0. The molecule has 0 unspecified atom stereocenters. The van der Waals surface area contributed by atoms with Gasteiger partial charge in [-0.2, -0.15) is 0 Å². The molecule has 0 bridgehead atoms. The van der Waals surface area contributed by atoms with Crippen LogP contribution in [0.3, 0.4) is 0 Å². The third kappa shape index (κ3) is 5.67. The fourth-order valence-electron chi connectivity index (χ4n) is 2.44. The molecule has 0 saturated heterocycles. The summed E-state index contributed by atoms with van der Waals surface area (Å²) in [7, 11) is 0. The summed E-state index contributed by atoms with van der Waals surface area (Å²) in [5.41, 5.74) is 3.40. The van der Waals surface area contributed by atoms with Crippen LogP contribution in [0.1, 0.15) is 11.9 Å². The van der Waals surface area contributed by atoms with Crippen molar-refractivity contribution < 1.29 is 9.59 Å². The first kappa shape index (κ1) is 19.1. The molecule has 2 aromatic carbocycles. The number of aryl methyl sites for hydroxylation is 1. The molecule has 0 radical (unpaired) electrons. The molecule has 138 valence electrons. The highest BCUT2D eigenvalue weighted by molar-refractivity contribution is 8.00.